The maximum Gasteiger partial charge on any atom is 0.332 e. The van der Waals surface area contributed by atoms with Crippen LogP contribution in [0.1, 0.15) is 22.8 Å². The average Bonchev–Trinajstić information content (AvgIpc) is 2.88. The summed E-state index contributed by atoms with van der Waals surface area (Å²) in [4.78, 5) is 43.5. The molecule has 9 heteroatoms. The van der Waals surface area contributed by atoms with Gasteiger partial charge in [-0.1, -0.05) is 42.5 Å². The van der Waals surface area contributed by atoms with Gasteiger partial charge >= 0.3 is 5.69 Å². The van der Waals surface area contributed by atoms with E-state index in [-0.39, 0.29) is 36.8 Å². The summed E-state index contributed by atoms with van der Waals surface area (Å²) in [5, 5.41) is 0. The first-order valence-corrected chi connectivity index (χ1v) is 11.7. The standard InChI is InChI=1S/C26H31N5O4/c1-3-30-25(33)23(24(27)31(26(30)34)17-19-9-5-4-6-10-19)21(32)18-28-13-15-29(16-14-28)20-11-7-8-12-22(20)35-2/h4-12H,3,13-18,27H2,1-2H3. The number of ketones is 1. The summed E-state index contributed by atoms with van der Waals surface area (Å²) in [6, 6.07) is 17.2. The Bertz CT molecular complexity index is 1310. The van der Waals surface area contributed by atoms with Gasteiger partial charge in [0, 0.05) is 32.7 Å². The number of anilines is 2. The summed E-state index contributed by atoms with van der Waals surface area (Å²) in [6.45, 7) is 4.84. The lowest BCUT2D eigenvalue weighted by molar-refractivity contribution is 0.0924. The minimum absolute atomic E-state index is 0.0620. The van der Waals surface area contributed by atoms with Gasteiger partial charge < -0.3 is 15.4 Å². The van der Waals surface area contributed by atoms with E-state index < -0.39 is 11.2 Å². The van der Waals surface area contributed by atoms with Gasteiger partial charge in [0.05, 0.1) is 25.9 Å². The Morgan fingerprint density at radius 1 is 0.943 bits per heavy atom. The van der Waals surface area contributed by atoms with Crippen molar-refractivity contribution in [3.63, 3.8) is 0 Å². The zero-order valence-electron chi connectivity index (χ0n) is 20.1. The molecule has 3 aromatic rings. The molecule has 9 nitrogen and oxygen atoms in total. The Balaban J connectivity index is 1.54. The van der Waals surface area contributed by atoms with Crippen molar-refractivity contribution in [2.75, 3.05) is 50.5 Å². The fraction of sp³-hybridized carbons (Fsp3) is 0.346. The molecule has 0 amide bonds. The van der Waals surface area contributed by atoms with Gasteiger partial charge in [-0.05, 0) is 24.6 Å². The maximum atomic E-state index is 13.3. The minimum Gasteiger partial charge on any atom is -0.495 e. The number of benzene rings is 2. The average molecular weight is 478 g/mol. The number of nitrogen functional groups attached to an aromatic ring is 1. The number of para-hydroxylation sites is 2. The van der Waals surface area contributed by atoms with Gasteiger partial charge in [-0.25, -0.2) is 4.79 Å². The van der Waals surface area contributed by atoms with Crippen molar-refractivity contribution in [1.29, 1.82) is 0 Å². The number of carbonyl (C=O) groups excluding carboxylic acids is 1. The van der Waals surface area contributed by atoms with E-state index in [0.29, 0.717) is 13.1 Å². The Hall–Kier alpha value is -3.85. The van der Waals surface area contributed by atoms with E-state index in [1.165, 1.54) is 4.57 Å². The monoisotopic (exact) mass is 477 g/mol. The summed E-state index contributed by atoms with van der Waals surface area (Å²) in [7, 11) is 1.65. The van der Waals surface area contributed by atoms with Crippen LogP contribution >= 0.6 is 0 Å². The summed E-state index contributed by atoms with van der Waals surface area (Å²) in [5.74, 6) is 0.360. The van der Waals surface area contributed by atoms with E-state index in [4.69, 9.17) is 10.5 Å². The number of Topliss-reactive ketones (excluding diaryl/α,β-unsaturated/α-hetero) is 1. The Kier molecular flexibility index (Phi) is 7.36. The highest BCUT2D eigenvalue weighted by Crippen LogP contribution is 2.28. The van der Waals surface area contributed by atoms with E-state index in [1.807, 2.05) is 59.5 Å². The van der Waals surface area contributed by atoms with Crippen molar-refractivity contribution in [3.05, 3.63) is 86.6 Å². The quantitative estimate of drug-likeness (QED) is 0.493. The van der Waals surface area contributed by atoms with Crippen LogP contribution < -0.4 is 26.6 Å². The number of piperazine rings is 1. The fourth-order valence-corrected chi connectivity index (χ4v) is 4.49. The van der Waals surface area contributed by atoms with Crippen molar-refractivity contribution in [2.45, 2.75) is 20.0 Å². The second-order valence-electron chi connectivity index (χ2n) is 8.52. The predicted octanol–water partition coefficient (Wildman–Crippen LogP) is 1.67. The molecule has 4 rings (SSSR count). The molecule has 0 unspecified atom stereocenters. The zero-order chi connectivity index (χ0) is 24.9. The van der Waals surface area contributed by atoms with E-state index >= 15 is 0 Å². The Labute approximate surface area is 204 Å². The van der Waals surface area contributed by atoms with E-state index in [0.717, 1.165) is 34.7 Å². The smallest absolute Gasteiger partial charge is 0.332 e. The van der Waals surface area contributed by atoms with Gasteiger partial charge in [-0.2, -0.15) is 0 Å². The van der Waals surface area contributed by atoms with Crippen LogP contribution in [0.2, 0.25) is 0 Å². The van der Waals surface area contributed by atoms with Crippen molar-refractivity contribution < 1.29 is 9.53 Å². The molecule has 1 fully saturated rings. The van der Waals surface area contributed by atoms with Crippen molar-refractivity contribution in [1.82, 2.24) is 14.0 Å². The second kappa shape index (κ2) is 10.6. The van der Waals surface area contributed by atoms with Crippen LogP contribution in [0.5, 0.6) is 5.75 Å². The normalized spacial score (nSPS) is 14.2. The van der Waals surface area contributed by atoms with Gasteiger partial charge in [-0.3, -0.25) is 23.6 Å². The van der Waals surface area contributed by atoms with Crippen LogP contribution in [-0.4, -0.2) is 59.7 Å². The van der Waals surface area contributed by atoms with Crippen LogP contribution in [0.3, 0.4) is 0 Å². The molecule has 184 valence electrons. The lowest BCUT2D eigenvalue weighted by Gasteiger charge is -2.36. The molecular formula is C26H31N5O4. The number of hydrogen-bond acceptors (Lipinski definition) is 7. The first kappa shape index (κ1) is 24.3. The highest BCUT2D eigenvalue weighted by atomic mass is 16.5. The summed E-state index contributed by atoms with van der Waals surface area (Å²) < 4.78 is 7.86. The molecular weight excluding hydrogens is 446 g/mol. The largest absolute Gasteiger partial charge is 0.495 e. The van der Waals surface area contributed by atoms with Gasteiger partial charge in [0.2, 0.25) is 0 Å². The number of methoxy groups -OCH3 is 1. The number of rotatable bonds is 8. The molecule has 2 aromatic carbocycles. The third-order valence-electron chi connectivity index (χ3n) is 6.41. The molecule has 1 aliphatic rings. The second-order valence-corrected chi connectivity index (χ2v) is 8.52. The molecule has 1 aliphatic heterocycles. The number of aromatic nitrogens is 2. The number of carbonyl (C=O) groups is 1. The highest BCUT2D eigenvalue weighted by molar-refractivity contribution is 6.01. The Morgan fingerprint density at radius 2 is 1.60 bits per heavy atom. The van der Waals surface area contributed by atoms with Crippen LogP contribution in [0, 0.1) is 0 Å². The maximum absolute atomic E-state index is 13.3. The van der Waals surface area contributed by atoms with E-state index in [9.17, 15) is 14.4 Å². The van der Waals surface area contributed by atoms with Crippen LogP contribution in [-0.2, 0) is 13.1 Å². The van der Waals surface area contributed by atoms with Crippen LogP contribution in [0.15, 0.2) is 64.2 Å². The molecule has 0 saturated carbocycles. The molecule has 0 spiro atoms. The third kappa shape index (κ3) is 5.00. The van der Waals surface area contributed by atoms with Gasteiger partial charge in [0.1, 0.15) is 17.1 Å². The molecule has 0 bridgehead atoms. The number of nitrogens with two attached hydrogens (primary N) is 1. The van der Waals surface area contributed by atoms with Gasteiger partial charge in [0.15, 0.2) is 5.78 Å². The number of hydrogen-bond donors (Lipinski definition) is 1. The first-order valence-electron chi connectivity index (χ1n) is 11.7. The first-order chi connectivity index (χ1) is 16.9. The zero-order valence-corrected chi connectivity index (χ0v) is 20.1. The summed E-state index contributed by atoms with van der Waals surface area (Å²) >= 11 is 0. The molecule has 0 aliphatic carbocycles. The molecule has 2 heterocycles. The van der Waals surface area contributed by atoms with E-state index in [1.54, 1.807) is 14.0 Å². The predicted molar refractivity (Wildman–Crippen MR) is 137 cm³/mol. The van der Waals surface area contributed by atoms with Crippen molar-refractivity contribution in [2.24, 2.45) is 0 Å². The lowest BCUT2D eigenvalue weighted by Crippen LogP contribution is -2.49. The van der Waals surface area contributed by atoms with Crippen LogP contribution in [0.4, 0.5) is 11.5 Å². The van der Waals surface area contributed by atoms with Crippen molar-refractivity contribution >= 4 is 17.3 Å². The molecule has 1 saturated heterocycles. The molecule has 0 atom stereocenters. The lowest BCUT2D eigenvalue weighted by atomic mass is 10.1. The Morgan fingerprint density at radius 3 is 2.26 bits per heavy atom. The topological polar surface area (TPSA) is 103 Å². The van der Waals surface area contributed by atoms with Gasteiger partial charge in [-0.15, -0.1) is 0 Å². The fourth-order valence-electron chi connectivity index (χ4n) is 4.49. The molecule has 35 heavy (non-hydrogen) atoms. The molecule has 0 radical (unpaired) electrons. The SMILES string of the molecule is CCn1c(=O)c(C(=O)CN2CCN(c3ccccc3OC)CC2)c(N)n(Cc2ccccc2)c1=O. The summed E-state index contributed by atoms with van der Waals surface area (Å²) in [5.41, 5.74) is 6.90. The summed E-state index contributed by atoms with van der Waals surface area (Å²) in [6.07, 6.45) is 0. The van der Waals surface area contributed by atoms with Crippen LogP contribution in [0.25, 0.3) is 0 Å². The third-order valence-corrected chi connectivity index (χ3v) is 6.41. The van der Waals surface area contributed by atoms with Crippen molar-refractivity contribution in [3.8, 4) is 5.75 Å². The van der Waals surface area contributed by atoms with Gasteiger partial charge in [0.25, 0.3) is 5.56 Å². The highest BCUT2D eigenvalue weighted by Gasteiger charge is 2.26. The molecule has 1 aromatic heterocycles. The molecule has 2 N–H and O–H groups in total. The minimum atomic E-state index is -0.628. The number of ether oxygens (including phenoxy) is 1. The number of nitrogens with zero attached hydrogens (tertiary/aromatic N) is 4. The van der Waals surface area contributed by atoms with E-state index in [2.05, 4.69) is 4.90 Å².